The summed E-state index contributed by atoms with van der Waals surface area (Å²) < 4.78 is 10.3. The summed E-state index contributed by atoms with van der Waals surface area (Å²) in [6.45, 7) is 0. The van der Waals surface area contributed by atoms with Gasteiger partial charge in [-0.2, -0.15) is 0 Å². The third-order valence-electron chi connectivity index (χ3n) is 3.72. The SMILES string of the molecule is COc1ccc(CC(=O)Nc2cc3cc(OC)ccc3cn2)cc1. The molecule has 122 valence electrons. The van der Waals surface area contributed by atoms with Crippen molar-refractivity contribution in [1.29, 1.82) is 0 Å². The molecule has 0 atom stereocenters. The summed E-state index contributed by atoms with van der Waals surface area (Å²) in [6, 6.07) is 15.0. The Hall–Kier alpha value is -3.08. The Morgan fingerprint density at radius 1 is 0.958 bits per heavy atom. The van der Waals surface area contributed by atoms with E-state index in [1.54, 1.807) is 20.4 Å². The zero-order chi connectivity index (χ0) is 16.9. The van der Waals surface area contributed by atoms with Gasteiger partial charge in [0, 0.05) is 11.6 Å². The van der Waals surface area contributed by atoms with E-state index in [9.17, 15) is 4.79 Å². The van der Waals surface area contributed by atoms with E-state index in [-0.39, 0.29) is 12.3 Å². The molecule has 0 aliphatic rings. The number of ether oxygens (including phenoxy) is 2. The fourth-order valence-corrected chi connectivity index (χ4v) is 2.43. The number of fused-ring (bicyclic) bond motifs is 1. The molecule has 5 heteroatoms. The monoisotopic (exact) mass is 322 g/mol. The number of aromatic nitrogens is 1. The Labute approximate surface area is 140 Å². The molecule has 1 heterocycles. The molecule has 24 heavy (non-hydrogen) atoms. The molecule has 0 bridgehead atoms. The summed E-state index contributed by atoms with van der Waals surface area (Å²) in [7, 11) is 3.24. The quantitative estimate of drug-likeness (QED) is 0.782. The van der Waals surface area contributed by atoms with Gasteiger partial charge in [-0.25, -0.2) is 4.98 Å². The second kappa shape index (κ2) is 7.00. The molecule has 0 spiro atoms. The minimum absolute atomic E-state index is 0.116. The van der Waals surface area contributed by atoms with Gasteiger partial charge in [-0.1, -0.05) is 12.1 Å². The van der Waals surface area contributed by atoms with Gasteiger partial charge in [-0.15, -0.1) is 0 Å². The first-order valence-corrected chi connectivity index (χ1v) is 7.54. The highest BCUT2D eigenvalue weighted by Crippen LogP contribution is 2.22. The van der Waals surface area contributed by atoms with Crippen LogP contribution in [0.1, 0.15) is 5.56 Å². The molecule has 0 aliphatic carbocycles. The maximum absolute atomic E-state index is 12.2. The lowest BCUT2D eigenvalue weighted by molar-refractivity contribution is -0.115. The number of hydrogen-bond donors (Lipinski definition) is 1. The van der Waals surface area contributed by atoms with Crippen LogP contribution in [0.5, 0.6) is 11.5 Å². The molecule has 1 amide bonds. The molecule has 0 saturated carbocycles. The predicted octanol–water partition coefficient (Wildman–Crippen LogP) is 3.43. The van der Waals surface area contributed by atoms with Crippen LogP contribution < -0.4 is 14.8 Å². The molecule has 0 aliphatic heterocycles. The predicted molar refractivity (Wildman–Crippen MR) is 93.6 cm³/mol. The lowest BCUT2D eigenvalue weighted by atomic mass is 10.1. The standard InChI is InChI=1S/C19H18N2O3/c1-23-16-6-3-13(4-7-16)9-19(22)21-18-11-15-10-17(24-2)8-5-14(15)12-20-18/h3-8,10-12H,9H2,1-2H3,(H,20,21,22). The van der Waals surface area contributed by atoms with Crippen molar-refractivity contribution in [2.24, 2.45) is 0 Å². The summed E-state index contributed by atoms with van der Waals surface area (Å²) in [5.41, 5.74) is 0.913. The van der Waals surface area contributed by atoms with Crippen LogP contribution in [0.2, 0.25) is 0 Å². The van der Waals surface area contributed by atoms with E-state index in [2.05, 4.69) is 10.3 Å². The van der Waals surface area contributed by atoms with Crippen molar-refractivity contribution >= 4 is 22.5 Å². The number of anilines is 1. The summed E-state index contributed by atoms with van der Waals surface area (Å²) >= 11 is 0. The van der Waals surface area contributed by atoms with Gasteiger partial charge in [0.05, 0.1) is 20.6 Å². The number of hydrogen-bond acceptors (Lipinski definition) is 4. The minimum Gasteiger partial charge on any atom is -0.497 e. The van der Waals surface area contributed by atoms with E-state index in [0.717, 1.165) is 27.8 Å². The van der Waals surface area contributed by atoms with E-state index < -0.39 is 0 Å². The van der Waals surface area contributed by atoms with Crippen LogP contribution >= 0.6 is 0 Å². The molecular weight excluding hydrogens is 304 g/mol. The van der Waals surface area contributed by atoms with Gasteiger partial charge < -0.3 is 14.8 Å². The highest BCUT2D eigenvalue weighted by Gasteiger charge is 2.06. The average molecular weight is 322 g/mol. The Morgan fingerprint density at radius 2 is 1.67 bits per heavy atom. The van der Waals surface area contributed by atoms with E-state index in [1.807, 2.05) is 48.5 Å². The number of nitrogens with one attached hydrogen (secondary N) is 1. The van der Waals surface area contributed by atoms with Crippen LogP contribution in [0.4, 0.5) is 5.82 Å². The summed E-state index contributed by atoms with van der Waals surface area (Å²) in [5.74, 6) is 1.94. The smallest absolute Gasteiger partial charge is 0.229 e. The van der Waals surface area contributed by atoms with Gasteiger partial charge in [0.1, 0.15) is 17.3 Å². The second-order valence-electron chi connectivity index (χ2n) is 5.36. The van der Waals surface area contributed by atoms with Crippen molar-refractivity contribution in [1.82, 2.24) is 4.98 Å². The number of carbonyl (C=O) groups is 1. The van der Waals surface area contributed by atoms with Gasteiger partial charge in [-0.05, 0) is 47.3 Å². The molecule has 3 rings (SSSR count). The number of amides is 1. The van der Waals surface area contributed by atoms with E-state index in [4.69, 9.17) is 9.47 Å². The van der Waals surface area contributed by atoms with Crippen molar-refractivity contribution in [2.45, 2.75) is 6.42 Å². The number of benzene rings is 2. The van der Waals surface area contributed by atoms with Gasteiger partial charge in [0.25, 0.3) is 0 Å². The zero-order valence-corrected chi connectivity index (χ0v) is 13.6. The highest BCUT2D eigenvalue weighted by atomic mass is 16.5. The van der Waals surface area contributed by atoms with Crippen molar-refractivity contribution in [2.75, 3.05) is 19.5 Å². The molecule has 1 aromatic heterocycles. The molecule has 0 radical (unpaired) electrons. The summed E-state index contributed by atoms with van der Waals surface area (Å²) in [6.07, 6.45) is 2.01. The van der Waals surface area contributed by atoms with Crippen LogP contribution in [0.3, 0.4) is 0 Å². The fraction of sp³-hybridized carbons (Fsp3) is 0.158. The zero-order valence-electron chi connectivity index (χ0n) is 13.6. The van der Waals surface area contributed by atoms with Crippen molar-refractivity contribution in [3.8, 4) is 11.5 Å². The first kappa shape index (κ1) is 15.8. The molecule has 0 saturated heterocycles. The van der Waals surface area contributed by atoms with Crippen LogP contribution in [0, 0.1) is 0 Å². The topological polar surface area (TPSA) is 60.5 Å². The molecule has 0 fully saturated rings. The third kappa shape index (κ3) is 3.63. The molecule has 0 unspecified atom stereocenters. The molecule has 5 nitrogen and oxygen atoms in total. The van der Waals surface area contributed by atoms with Crippen molar-refractivity contribution < 1.29 is 14.3 Å². The van der Waals surface area contributed by atoms with Gasteiger partial charge in [-0.3, -0.25) is 4.79 Å². The highest BCUT2D eigenvalue weighted by molar-refractivity contribution is 5.94. The first-order valence-electron chi connectivity index (χ1n) is 7.54. The molecular formula is C19H18N2O3. The number of rotatable bonds is 5. The Morgan fingerprint density at radius 3 is 2.38 bits per heavy atom. The average Bonchev–Trinajstić information content (AvgIpc) is 2.61. The number of carbonyl (C=O) groups excluding carboxylic acids is 1. The normalized spacial score (nSPS) is 10.4. The van der Waals surface area contributed by atoms with Gasteiger partial charge in [0.2, 0.25) is 5.91 Å². The fourth-order valence-electron chi connectivity index (χ4n) is 2.43. The van der Waals surface area contributed by atoms with Crippen LogP contribution in [-0.2, 0) is 11.2 Å². The largest absolute Gasteiger partial charge is 0.497 e. The van der Waals surface area contributed by atoms with Crippen molar-refractivity contribution in [3.63, 3.8) is 0 Å². The maximum atomic E-state index is 12.2. The number of pyridine rings is 1. The summed E-state index contributed by atoms with van der Waals surface area (Å²) in [4.78, 5) is 16.5. The Kier molecular flexibility index (Phi) is 4.61. The second-order valence-corrected chi connectivity index (χ2v) is 5.36. The summed E-state index contributed by atoms with van der Waals surface area (Å²) in [5, 5.41) is 4.78. The van der Waals surface area contributed by atoms with Crippen LogP contribution in [0.15, 0.2) is 54.7 Å². The molecule has 3 aromatic rings. The molecule has 2 aromatic carbocycles. The Bertz CT molecular complexity index is 860. The lowest BCUT2D eigenvalue weighted by Crippen LogP contribution is -2.15. The van der Waals surface area contributed by atoms with Gasteiger partial charge in [0.15, 0.2) is 0 Å². The Balaban J connectivity index is 1.72. The minimum atomic E-state index is -0.116. The van der Waals surface area contributed by atoms with Gasteiger partial charge >= 0.3 is 0 Å². The molecule has 1 N–H and O–H groups in total. The van der Waals surface area contributed by atoms with E-state index in [0.29, 0.717) is 5.82 Å². The maximum Gasteiger partial charge on any atom is 0.229 e. The van der Waals surface area contributed by atoms with E-state index >= 15 is 0 Å². The third-order valence-corrected chi connectivity index (χ3v) is 3.72. The van der Waals surface area contributed by atoms with Crippen LogP contribution in [-0.4, -0.2) is 25.1 Å². The van der Waals surface area contributed by atoms with Crippen LogP contribution in [0.25, 0.3) is 10.8 Å². The first-order chi connectivity index (χ1) is 11.7. The number of methoxy groups -OCH3 is 2. The van der Waals surface area contributed by atoms with E-state index in [1.165, 1.54) is 0 Å². The lowest BCUT2D eigenvalue weighted by Gasteiger charge is -2.07. The number of nitrogens with zero attached hydrogens (tertiary/aromatic N) is 1. The van der Waals surface area contributed by atoms with Crippen molar-refractivity contribution in [3.05, 3.63) is 60.3 Å².